The Bertz CT molecular complexity index is 516. The minimum atomic E-state index is -4.56. The number of ether oxygens (including phenoxy) is 1. The number of aromatic nitrogens is 1. The topological polar surface area (TPSA) is 14.2 Å². The lowest BCUT2D eigenvalue weighted by atomic mass is 10.2. The molecule has 1 heterocycles. The first-order chi connectivity index (χ1) is 7.97. The van der Waals surface area contributed by atoms with E-state index in [9.17, 15) is 13.2 Å². The van der Waals surface area contributed by atoms with Gasteiger partial charge in [0.2, 0.25) is 0 Å². The van der Waals surface area contributed by atoms with Crippen molar-refractivity contribution in [2.24, 2.45) is 0 Å². The number of aryl methyl sites for hydroxylation is 1. The normalized spacial score (nSPS) is 12.2. The van der Waals surface area contributed by atoms with Crippen molar-refractivity contribution in [3.63, 3.8) is 0 Å². The Morgan fingerprint density at radius 3 is 2.65 bits per heavy atom. The number of hydrogen-bond acceptors (Lipinski definition) is 1. The molecule has 0 spiro atoms. The van der Waals surface area contributed by atoms with Gasteiger partial charge >= 0.3 is 6.36 Å². The first kappa shape index (κ1) is 12.0. The van der Waals surface area contributed by atoms with Crippen molar-refractivity contribution < 1.29 is 17.9 Å². The highest BCUT2D eigenvalue weighted by Gasteiger charge is 2.28. The molecule has 0 saturated carbocycles. The van der Waals surface area contributed by atoms with Gasteiger partial charge < -0.3 is 4.57 Å². The van der Waals surface area contributed by atoms with Crippen molar-refractivity contribution in [2.75, 3.05) is 6.61 Å². The molecule has 0 N–H and O–H groups in total. The fourth-order valence-electron chi connectivity index (χ4n) is 1.90. The summed E-state index contributed by atoms with van der Waals surface area (Å²) >= 11 is 0. The third-order valence-electron chi connectivity index (χ3n) is 2.60. The molecule has 1 aromatic heterocycles. The summed E-state index contributed by atoms with van der Waals surface area (Å²) in [4.78, 5) is 0. The monoisotopic (exact) mass is 243 g/mol. The van der Waals surface area contributed by atoms with Gasteiger partial charge in [-0.25, -0.2) is 0 Å². The van der Waals surface area contributed by atoms with Crippen molar-refractivity contribution in [3.8, 4) is 0 Å². The third kappa shape index (κ3) is 2.79. The number of fused-ring (bicyclic) bond motifs is 1. The van der Waals surface area contributed by atoms with E-state index in [1.54, 1.807) is 0 Å². The first-order valence-corrected chi connectivity index (χ1v) is 5.23. The average molecular weight is 243 g/mol. The zero-order valence-electron chi connectivity index (χ0n) is 9.29. The molecule has 92 valence electrons. The van der Waals surface area contributed by atoms with Gasteiger partial charge in [0.25, 0.3) is 0 Å². The highest BCUT2D eigenvalue weighted by Crippen LogP contribution is 2.20. The van der Waals surface area contributed by atoms with Gasteiger partial charge in [-0.05, 0) is 24.4 Å². The van der Waals surface area contributed by atoms with E-state index in [4.69, 9.17) is 0 Å². The van der Waals surface area contributed by atoms with Crippen LogP contribution >= 0.6 is 0 Å². The van der Waals surface area contributed by atoms with Crippen LogP contribution in [0.15, 0.2) is 30.3 Å². The van der Waals surface area contributed by atoms with E-state index in [2.05, 4.69) is 4.74 Å². The van der Waals surface area contributed by atoms with Crippen LogP contribution in [0.3, 0.4) is 0 Å². The maximum atomic E-state index is 11.9. The molecule has 0 atom stereocenters. The Kier molecular flexibility index (Phi) is 3.11. The zero-order valence-corrected chi connectivity index (χ0v) is 9.29. The van der Waals surface area contributed by atoms with Gasteiger partial charge in [0.05, 0.1) is 6.61 Å². The van der Waals surface area contributed by atoms with Gasteiger partial charge in [0, 0.05) is 17.8 Å². The third-order valence-corrected chi connectivity index (χ3v) is 2.60. The van der Waals surface area contributed by atoms with E-state index in [0.717, 1.165) is 16.6 Å². The summed E-state index contributed by atoms with van der Waals surface area (Å²) in [6, 6.07) is 9.53. The predicted octanol–water partition coefficient (Wildman–Crippen LogP) is 3.49. The lowest BCUT2D eigenvalue weighted by Crippen LogP contribution is -2.17. The van der Waals surface area contributed by atoms with Crippen molar-refractivity contribution >= 4 is 10.9 Å². The molecule has 0 fully saturated rings. The maximum absolute atomic E-state index is 11.9. The van der Waals surface area contributed by atoms with Crippen LogP contribution in [0.25, 0.3) is 10.9 Å². The molecular weight excluding hydrogens is 231 g/mol. The van der Waals surface area contributed by atoms with Crippen LogP contribution in [0.5, 0.6) is 0 Å². The fourth-order valence-corrected chi connectivity index (χ4v) is 1.90. The number of hydrogen-bond donors (Lipinski definition) is 0. The van der Waals surface area contributed by atoms with Crippen molar-refractivity contribution in [1.82, 2.24) is 4.57 Å². The molecule has 0 saturated heterocycles. The highest BCUT2D eigenvalue weighted by atomic mass is 19.4. The smallest absolute Gasteiger partial charge is 0.343 e. The van der Waals surface area contributed by atoms with E-state index in [1.165, 1.54) is 0 Å². The molecular formula is C12H12F3NO. The molecule has 5 heteroatoms. The van der Waals surface area contributed by atoms with Crippen LogP contribution in [0.2, 0.25) is 0 Å². The molecule has 0 aliphatic rings. The molecule has 2 rings (SSSR count). The molecule has 0 radical (unpaired) electrons. The quantitative estimate of drug-likeness (QED) is 0.804. The molecule has 2 aromatic rings. The van der Waals surface area contributed by atoms with E-state index in [0.29, 0.717) is 0 Å². The Hall–Kier alpha value is -1.49. The van der Waals surface area contributed by atoms with Gasteiger partial charge in [0.15, 0.2) is 0 Å². The molecule has 2 nitrogen and oxygen atoms in total. The largest absolute Gasteiger partial charge is 0.522 e. The zero-order chi connectivity index (χ0) is 12.5. The van der Waals surface area contributed by atoms with Crippen LogP contribution in [0.4, 0.5) is 13.2 Å². The van der Waals surface area contributed by atoms with Crippen LogP contribution < -0.4 is 0 Å². The Morgan fingerprint density at radius 1 is 1.24 bits per heavy atom. The van der Waals surface area contributed by atoms with Crippen molar-refractivity contribution in [3.05, 3.63) is 36.0 Å². The molecule has 0 aliphatic heterocycles. The van der Waals surface area contributed by atoms with Crippen LogP contribution in [-0.4, -0.2) is 17.5 Å². The second kappa shape index (κ2) is 4.41. The highest BCUT2D eigenvalue weighted by molar-refractivity contribution is 5.81. The Morgan fingerprint density at radius 2 is 1.94 bits per heavy atom. The van der Waals surface area contributed by atoms with Gasteiger partial charge in [-0.3, -0.25) is 4.74 Å². The molecule has 1 aromatic carbocycles. The van der Waals surface area contributed by atoms with Crippen LogP contribution in [-0.2, 0) is 11.3 Å². The average Bonchev–Trinajstić information content (AvgIpc) is 2.54. The molecule has 0 amide bonds. The van der Waals surface area contributed by atoms with Gasteiger partial charge in [-0.1, -0.05) is 18.2 Å². The SMILES string of the molecule is Cc1cc2ccccc2n1CCOC(F)(F)F. The van der Waals surface area contributed by atoms with E-state index >= 15 is 0 Å². The molecule has 0 aliphatic carbocycles. The van der Waals surface area contributed by atoms with Crippen molar-refractivity contribution in [2.45, 2.75) is 19.8 Å². The maximum Gasteiger partial charge on any atom is 0.522 e. The Balaban J connectivity index is 2.15. The van der Waals surface area contributed by atoms with E-state index in [1.807, 2.05) is 41.8 Å². The predicted molar refractivity (Wildman–Crippen MR) is 58.7 cm³/mol. The minimum absolute atomic E-state index is 0.193. The molecule has 0 bridgehead atoms. The summed E-state index contributed by atoms with van der Waals surface area (Å²) in [5.74, 6) is 0. The second-order valence-corrected chi connectivity index (χ2v) is 3.79. The summed E-state index contributed by atoms with van der Waals surface area (Å²) < 4.78 is 41.2. The van der Waals surface area contributed by atoms with Crippen LogP contribution in [0.1, 0.15) is 5.69 Å². The minimum Gasteiger partial charge on any atom is -0.343 e. The molecule has 0 unspecified atom stereocenters. The fraction of sp³-hybridized carbons (Fsp3) is 0.333. The Labute approximate surface area is 96.6 Å². The van der Waals surface area contributed by atoms with E-state index in [-0.39, 0.29) is 13.2 Å². The number of rotatable bonds is 3. The number of nitrogens with zero attached hydrogens (tertiary/aromatic N) is 1. The first-order valence-electron chi connectivity index (χ1n) is 5.23. The molecule has 17 heavy (non-hydrogen) atoms. The van der Waals surface area contributed by atoms with Gasteiger partial charge in [-0.15, -0.1) is 13.2 Å². The second-order valence-electron chi connectivity index (χ2n) is 3.79. The van der Waals surface area contributed by atoms with E-state index < -0.39 is 6.36 Å². The summed E-state index contributed by atoms with van der Waals surface area (Å²) in [6.45, 7) is 1.69. The van der Waals surface area contributed by atoms with Crippen molar-refractivity contribution in [1.29, 1.82) is 0 Å². The lowest BCUT2D eigenvalue weighted by Gasteiger charge is -2.10. The standard InChI is InChI=1S/C12H12F3NO/c1-9-8-10-4-2-3-5-11(10)16(9)6-7-17-12(13,14)15/h2-5,8H,6-7H2,1H3. The van der Waals surface area contributed by atoms with Gasteiger partial charge in [0.1, 0.15) is 0 Å². The van der Waals surface area contributed by atoms with Gasteiger partial charge in [-0.2, -0.15) is 0 Å². The summed E-state index contributed by atoms with van der Waals surface area (Å²) in [7, 11) is 0. The number of halogens is 3. The number of para-hydroxylation sites is 1. The lowest BCUT2D eigenvalue weighted by molar-refractivity contribution is -0.325. The summed E-state index contributed by atoms with van der Waals surface area (Å²) in [6.07, 6.45) is -4.56. The van der Waals surface area contributed by atoms with Crippen LogP contribution in [0, 0.1) is 6.92 Å². The summed E-state index contributed by atoms with van der Waals surface area (Å²) in [5.41, 5.74) is 1.85. The summed E-state index contributed by atoms with van der Waals surface area (Å²) in [5, 5.41) is 1.03. The number of alkyl halides is 3. The number of benzene rings is 1.